The van der Waals surface area contributed by atoms with E-state index in [-0.39, 0.29) is 7.43 Å². The molecule has 0 unspecified atom stereocenters. The number of benzene rings is 6. The highest BCUT2D eigenvalue weighted by atomic mass is 35.5. The van der Waals surface area contributed by atoms with Crippen LogP contribution in [0.25, 0.3) is 65.9 Å². The molecule has 6 aromatic carbocycles. The fourth-order valence-electron chi connectivity index (χ4n) is 10.4. The number of aromatic nitrogens is 6. The number of fused-ring (bicyclic) bond motifs is 4. The summed E-state index contributed by atoms with van der Waals surface area (Å²) in [5, 5.41) is 13.0. The first-order chi connectivity index (χ1) is 35.6. The second-order valence-corrected chi connectivity index (χ2v) is 20.5. The van der Waals surface area contributed by atoms with Crippen LogP contribution in [0.4, 0.5) is 11.9 Å². The van der Waals surface area contributed by atoms with E-state index < -0.39 is 0 Å². The third kappa shape index (κ3) is 11.6. The third-order valence-electron chi connectivity index (χ3n) is 14.4. The fraction of sp³-hybridized carbons (Fsp3) is 0.258. The van der Waals surface area contributed by atoms with Gasteiger partial charge < -0.3 is 10.6 Å². The molecule has 2 fully saturated rings. The number of hydrogen-bond donors (Lipinski definition) is 2. The highest BCUT2D eigenvalue weighted by Gasteiger charge is 2.22. The van der Waals surface area contributed by atoms with Gasteiger partial charge in [0.2, 0.25) is 11.9 Å². The fourth-order valence-corrected chi connectivity index (χ4v) is 10.7. The number of para-hydroxylation sites is 1. The summed E-state index contributed by atoms with van der Waals surface area (Å²) >= 11 is 12.3. The molecule has 12 rings (SSSR count). The molecule has 0 saturated carbocycles. The van der Waals surface area contributed by atoms with Crippen LogP contribution in [-0.4, -0.2) is 78.0 Å². The molecule has 0 bridgehead atoms. The highest BCUT2D eigenvalue weighted by molar-refractivity contribution is 6.31. The average molecular weight is 1020 g/mol. The van der Waals surface area contributed by atoms with Gasteiger partial charge in [-0.05, 0) is 153 Å². The van der Waals surface area contributed by atoms with E-state index >= 15 is 0 Å². The molecule has 2 N–H and O–H groups in total. The SMILES string of the molecule is C.Cc1ccc(CN2CCC(Nc3nc(C)c4cc(-c5ccnc6ccc(Cl)cc56)ccc4n3)CC2)cc1.Cc1nc(NC2CCN(Cc3ccc(Cl)cc3)CC2)nc2ccc(-c3ccnc4ccccc34)cc12. The summed E-state index contributed by atoms with van der Waals surface area (Å²) in [4.78, 5) is 33.4. The van der Waals surface area contributed by atoms with Gasteiger partial charge in [-0.25, -0.2) is 19.9 Å². The van der Waals surface area contributed by atoms with Crippen molar-refractivity contribution in [2.24, 2.45) is 0 Å². The van der Waals surface area contributed by atoms with Gasteiger partial charge in [-0.3, -0.25) is 19.8 Å². The Kier molecular flexibility index (Phi) is 15.4. The topological polar surface area (TPSA) is 108 Å². The number of halogens is 2. The molecule has 12 heteroatoms. The summed E-state index contributed by atoms with van der Waals surface area (Å²) in [6.45, 7) is 12.5. The summed E-state index contributed by atoms with van der Waals surface area (Å²) in [6, 6.07) is 48.8. The van der Waals surface area contributed by atoms with Crippen molar-refractivity contribution in [2.45, 2.75) is 79.1 Å². The number of nitrogens with one attached hydrogen (secondary N) is 2. The maximum atomic E-state index is 6.29. The van der Waals surface area contributed by atoms with Gasteiger partial charge in [0, 0.05) is 95.3 Å². The monoisotopic (exact) mass is 1020 g/mol. The molecule has 0 atom stereocenters. The highest BCUT2D eigenvalue weighted by Crippen LogP contribution is 2.34. The molecule has 10 aromatic rings. The van der Waals surface area contributed by atoms with Crippen LogP contribution < -0.4 is 10.6 Å². The van der Waals surface area contributed by atoms with Crippen LogP contribution in [-0.2, 0) is 13.1 Å². The van der Waals surface area contributed by atoms with Crippen molar-refractivity contribution in [1.29, 1.82) is 0 Å². The minimum absolute atomic E-state index is 0. The van der Waals surface area contributed by atoms with Crippen LogP contribution in [0.15, 0.2) is 152 Å². The molecule has 74 heavy (non-hydrogen) atoms. The van der Waals surface area contributed by atoms with Gasteiger partial charge in [0.05, 0.1) is 33.5 Å². The van der Waals surface area contributed by atoms with Gasteiger partial charge in [-0.15, -0.1) is 0 Å². The Labute approximate surface area is 444 Å². The predicted molar refractivity (Wildman–Crippen MR) is 308 cm³/mol. The van der Waals surface area contributed by atoms with Gasteiger partial charge in [-0.1, -0.05) is 103 Å². The third-order valence-corrected chi connectivity index (χ3v) is 14.9. The van der Waals surface area contributed by atoms with Crippen molar-refractivity contribution in [3.8, 4) is 22.3 Å². The Hall–Kier alpha value is -7.08. The lowest BCUT2D eigenvalue weighted by molar-refractivity contribution is 0.211. The molecule has 2 aliphatic heterocycles. The molecule has 2 aliphatic rings. The smallest absolute Gasteiger partial charge is 0.223 e. The first-order valence-corrected chi connectivity index (χ1v) is 26.1. The first-order valence-electron chi connectivity index (χ1n) is 25.4. The number of nitrogens with zero attached hydrogens (tertiary/aromatic N) is 8. The Morgan fingerprint density at radius 3 is 1.46 bits per heavy atom. The summed E-state index contributed by atoms with van der Waals surface area (Å²) < 4.78 is 0. The largest absolute Gasteiger partial charge is 0.351 e. The summed E-state index contributed by atoms with van der Waals surface area (Å²) in [5.41, 5.74) is 14.3. The lowest BCUT2D eigenvalue weighted by Gasteiger charge is -2.32. The van der Waals surface area contributed by atoms with Gasteiger partial charge in [0.25, 0.3) is 0 Å². The van der Waals surface area contributed by atoms with Crippen LogP contribution in [0.2, 0.25) is 10.0 Å². The van der Waals surface area contributed by atoms with Crippen LogP contribution in [0, 0.1) is 20.8 Å². The number of likely N-dealkylation sites (tertiary alicyclic amines) is 2. The van der Waals surface area contributed by atoms with E-state index in [0.29, 0.717) is 17.1 Å². The minimum atomic E-state index is 0. The second kappa shape index (κ2) is 22.6. The summed E-state index contributed by atoms with van der Waals surface area (Å²) in [7, 11) is 0. The molecule has 0 radical (unpaired) electrons. The zero-order valence-corrected chi connectivity index (χ0v) is 43.0. The standard InChI is InChI=1S/C31H30ClN5.C30H28ClN5.CH4/c1-20-3-5-22(6-4-20)19-37-15-12-25(13-16-37)35-31-34-21(2)27-17-23(7-9-30(27)36-31)26-11-14-33-29-10-8-24(32)18-28(26)29;1-20-27-18-22(25-12-15-32-28-5-3-2-4-26(25)28)8-11-29(27)35-30(33-20)34-24-13-16-36(17-14-24)19-21-6-9-23(31)10-7-21;/h3-11,14,17-18,25H,12-13,15-16,19H2,1-2H3,(H,34,35,36);2-12,15,18,24H,13-14,16-17,19H2,1H3,(H,33,34,35);1H4. The summed E-state index contributed by atoms with van der Waals surface area (Å²) in [5.74, 6) is 1.44. The van der Waals surface area contributed by atoms with E-state index in [1.54, 1.807) is 0 Å². The number of rotatable bonds is 10. The van der Waals surface area contributed by atoms with Crippen LogP contribution in [0.3, 0.4) is 0 Å². The van der Waals surface area contributed by atoms with Crippen molar-refractivity contribution in [1.82, 2.24) is 39.7 Å². The van der Waals surface area contributed by atoms with Crippen molar-refractivity contribution in [2.75, 3.05) is 36.8 Å². The molecule has 2 saturated heterocycles. The Balaban J connectivity index is 0.000000167. The molecule has 10 nitrogen and oxygen atoms in total. The quantitative estimate of drug-likeness (QED) is 0.137. The molecule has 0 aliphatic carbocycles. The number of anilines is 2. The molecule has 0 spiro atoms. The minimum Gasteiger partial charge on any atom is -0.351 e. The number of pyridine rings is 2. The van der Waals surface area contributed by atoms with Crippen molar-refractivity contribution in [3.05, 3.63) is 190 Å². The molecular formula is C62H62Cl2N10. The average Bonchev–Trinajstić information content (AvgIpc) is 3.41. The van der Waals surface area contributed by atoms with Crippen molar-refractivity contribution in [3.63, 3.8) is 0 Å². The summed E-state index contributed by atoms with van der Waals surface area (Å²) in [6.07, 6.45) is 8.03. The zero-order chi connectivity index (χ0) is 49.8. The van der Waals surface area contributed by atoms with E-state index in [1.165, 1.54) is 22.3 Å². The number of hydrogen-bond acceptors (Lipinski definition) is 10. The predicted octanol–water partition coefficient (Wildman–Crippen LogP) is 14.7. The molecule has 6 heterocycles. The maximum Gasteiger partial charge on any atom is 0.223 e. The molecule has 4 aromatic heterocycles. The van der Waals surface area contributed by atoms with E-state index in [9.17, 15) is 0 Å². The Bertz CT molecular complexity index is 3570. The van der Waals surface area contributed by atoms with Gasteiger partial charge in [-0.2, -0.15) is 0 Å². The Morgan fingerprint density at radius 1 is 0.459 bits per heavy atom. The van der Waals surface area contributed by atoms with E-state index in [1.807, 2.05) is 60.9 Å². The van der Waals surface area contributed by atoms with Gasteiger partial charge in [0.1, 0.15) is 0 Å². The van der Waals surface area contributed by atoms with Crippen molar-refractivity contribution >= 4 is 78.7 Å². The molecular weight excluding hydrogens is 956 g/mol. The van der Waals surface area contributed by atoms with E-state index in [4.69, 9.17) is 43.1 Å². The number of aryl methyl sites for hydroxylation is 3. The van der Waals surface area contributed by atoms with Gasteiger partial charge >= 0.3 is 0 Å². The van der Waals surface area contributed by atoms with Crippen LogP contribution in [0.1, 0.15) is 61.2 Å². The van der Waals surface area contributed by atoms with E-state index in [0.717, 1.165) is 154 Å². The zero-order valence-electron chi connectivity index (χ0n) is 41.5. The Morgan fingerprint density at radius 2 is 0.919 bits per heavy atom. The van der Waals surface area contributed by atoms with Crippen LogP contribution in [0.5, 0.6) is 0 Å². The van der Waals surface area contributed by atoms with Gasteiger partial charge in [0.15, 0.2) is 0 Å². The first kappa shape index (κ1) is 50.5. The van der Waals surface area contributed by atoms with Crippen molar-refractivity contribution < 1.29 is 0 Å². The normalized spacial score (nSPS) is 14.7. The molecule has 0 amide bonds. The molecule has 374 valence electrons. The lowest BCUT2D eigenvalue weighted by Crippen LogP contribution is -2.39. The van der Waals surface area contributed by atoms with E-state index in [2.05, 4.69) is 142 Å². The number of piperidine rings is 2. The maximum absolute atomic E-state index is 6.29. The lowest BCUT2D eigenvalue weighted by atomic mass is 9.99. The van der Waals surface area contributed by atoms with Crippen LogP contribution >= 0.6 is 23.2 Å². The second-order valence-electron chi connectivity index (χ2n) is 19.6.